The van der Waals surface area contributed by atoms with E-state index >= 15 is 0 Å². The van der Waals surface area contributed by atoms with E-state index in [1.54, 1.807) is 0 Å². The zero-order valence-corrected chi connectivity index (χ0v) is 11.0. The number of carbonyl (C=O) groups excluding carboxylic acids is 1. The predicted molar refractivity (Wildman–Crippen MR) is 72.1 cm³/mol. The van der Waals surface area contributed by atoms with E-state index in [0.717, 1.165) is 16.7 Å². The highest BCUT2D eigenvalue weighted by Gasteiger charge is 2.19. The number of morpholine rings is 1. The molecule has 3 nitrogen and oxygen atoms in total. The highest BCUT2D eigenvalue weighted by atomic mass is 16.5. The molecule has 0 radical (unpaired) electrons. The Labute approximate surface area is 108 Å². The first-order valence-electron chi connectivity index (χ1n) is 6.30. The van der Waals surface area contributed by atoms with E-state index in [4.69, 9.17) is 4.74 Å². The summed E-state index contributed by atoms with van der Waals surface area (Å²) in [4.78, 5) is 14.2. The molecule has 0 atom stereocenters. The van der Waals surface area contributed by atoms with Gasteiger partial charge < -0.3 is 9.64 Å². The first-order chi connectivity index (χ1) is 8.70. The molecule has 1 aliphatic rings. The van der Waals surface area contributed by atoms with Gasteiger partial charge in [-0.2, -0.15) is 0 Å². The van der Waals surface area contributed by atoms with Crippen LogP contribution in [0, 0.1) is 0 Å². The van der Waals surface area contributed by atoms with Gasteiger partial charge in [-0.3, -0.25) is 4.79 Å². The first-order valence-corrected chi connectivity index (χ1v) is 6.30. The van der Waals surface area contributed by atoms with Crippen molar-refractivity contribution in [2.45, 2.75) is 13.8 Å². The van der Waals surface area contributed by atoms with Crippen molar-refractivity contribution in [3.8, 4) is 0 Å². The second-order valence-electron chi connectivity index (χ2n) is 4.52. The van der Waals surface area contributed by atoms with Gasteiger partial charge in [0.25, 0.3) is 0 Å². The maximum absolute atomic E-state index is 12.3. The van der Waals surface area contributed by atoms with Crippen LogP contribution in [-0.2, 0) is 9.53 Å². The van der Waals surface area contributed by atoms with Crippen LogP contribution in [0.15, 0.2) is 35.9 Å². The fourth-order valence-corrected chi connectivity index (χ4v) is 2.07. The maximum atomic E-state index is 12.3. The highest BCUT2D eigenvalue weighted by molar-refractivity contribution is 6.00. The van der Waals surface area contributed by atoms with Crippen molar-refractivity contribution in [3.05, 3.63) is 41.5 Å². The van der Waals surface area contributed by atoms with Crippen LogP contribution in [0.5, 0.6) is 0 Å². The molecular weight excluding hydrogens is 226 g/mol. The maximum Gasteiger partial charge on any atom is 0.249 e. The van der Waals surface area contributed by atoms with Gasteiger partial charge in [0.15, 0.2) is 0 Å². The van der Waals surface area contributed by atoms with Crippen molar-refractivity contribution in [2.24, 2.45) is 0 Å². The fraction of sp³-hybridized carbons (Fsp3) is 0.400. The van der Waals surface area contributed by atoms with Gasteiger partial charge >= 0.3 is 0 Å². The molecule has 1 heterocycles. The molecule has 2 rings (SSSR count). The Hall–Kier alpha value is -1.61. The van der Waals surface area contributed by atoms with Crippen molar-refractivity contribution in [3.63, 3.8) is 0 Å². The van der Waals surface area contributed by atoms with Gasteiger partial charge in [-0.25, -0.2) is 0 Å². The second kappa shape index (κ2) is 5.83. The van der Waals surface area contributed by atoms with Crippen LogP contribution in [0.2, 0.25) is 0 Å². The van der Waals surface area contributed by atoms with Crippen LogP contribution >= 0.6 is 0 Å². The third-order valence-corrected chi connectivity index (χ3v) is 3.39. The summed E-state index contributed by atoms with van der Waals surface area (Å²) in [5, 5.41) is 0. The van der Waals surface area contributed by atoms with Gasteiger partial charge in [-0.1, -0.05) is 30.3 Å². The van der Waals surface area contributed by atoms with E-state index in [-0.39, 0.29) is 5.91 Å². The number of amides is 1. The molecule has 0 aromatic heterocycles. The van der Waals surface area contributed by atoms with Gasteiger partial charge in [0.05, 0.1) is 13.2 Å². The molecular formula is C15H19NO2. The van der Waals surface area contributed by atoms with Gasteiger partial charge in [0.2, 0.25) is 5.91 Å². The highest BCUT2D eigenvalue weighted by Crippen LogP contribution is 2.19. The van der Waals surface area contributed by atoms with Gasteiger partial charge in [-0.05, 0) is 25.0 Å². The lowest BCUT2D eigenvalue weighted by atomic mass is 10.0. The van der Waals surface area contributed by atoms with Crippen molar-refractivity contribution in [1.29, 1.82) is 0 Å². The molecule has 0 saturated carbocycles. The summed E-state index contributed by atoms with van der Waals surface area (Å²) in [7, 11) is 0. The molecule has 0 N–H and O–H groups in total. The number of benzene rings is 1. The summed E-state index contributed by atoms with van der Waals surface area (Å²) in [5.41, 5.74) is 2.98. The molecule has 3 heteroatoms. The summed E-state index contributed by atoms with van der Waals surface area (Å²) in [5.74, 6) is 0.125. The van der Waals surface area contributed by atoms with Crippen molar-refractivity contribution in [1.82, 2.24) is 4.90 Å². The molecule has 18 heavy (non-hydrogen) atoms. The molecule has 0 spiro atoms. The molecule has 1 aromatic rings. The molecule has 0 aliphatic carbocycles. The van der Waals surface area contributed by atoms with Crippen molar-refractivity contribution in [2.75, 3.05) is 26.3 Å². The molecule has 1 fully saturated rings. The van der Waals surface area contributed by atoms with Crippen LogP contribution in [-0.4, -0.2) is 37.1 Å². The van der Waals surface area contributed by atoms with Crippen LogP contribution < -0.4 is 0 Å². The number of ether oxygens (including phenoxy) is 1. The standard InChI is InChI=1S/C15H19NO2/c1-12(14-6-4-3-5-7-14)13(2)15(17)16-8-10-18-11-9-16/h3-7H,8-11H2,1-2H3/b13-12+. The van der Waals surface area contributed by atoms with E-state index in [2.05, 4.69) is 0 Å². The Morgan fingerprint density at radius 2 is 1.72 bits per heavy atom. The van der Waals surface area contributed by atoms with Crippen LogP contribution in [0.1, 0.15) is 19.4 Å². The lowest BCUT2D eigenvalue weighted by Gasteiger charge is -2.27. The molecule has 1 amide bonds. The molecule has 1 aromatic carbocycles. The number of rotatable bonds is 2. The summed E-state index contributed by atoms with van der Waals surface area (Å²) in [6, 6.07) is 10.0. The second-order valence-corrected chi connectivity index (χ2v) is 4.52. The third kappa shape index (κ3) is 2.79. The minimum absolute atomic E-state index is 0.125. The number of nitrogens with zero attached hydrogens (tertiary/aromatic N) is 1. The minimum Gasteiger partial charge on any atom is -0.378 e. The monoisotopic (exact) mass is 245 g/mol. The largest absolute Gasteiger partial charge is 0.378 e. The SMILES string of the molecule is C/C(C(=O)N1CCOCC1)=C(/C)c1ccccc1. The molecule has 96 valence electrons. The minimum atomic E-state index is 0.125. The van der Waals surface area contributed by atoms with Gasteiger partial charge in [0, 0.05) is 18.7 Å². The van der Waals surface area contributed by atoms with E-state index in [0.29, 0.717) is 26.3 Å². The van der Waals surface area contributed by atoms with Crippen LogP contribution in [0.25, 0.3) is 5.57 Å². The first kappa shape index (κ1) is 12.8. The molecule has 1 saturated heterocycles. The van der Waals surface area contributed by atoms with Gasteiger partial charge in [0.1, 0.15) is 0 Å². The van der Waals surface area contributed by atoms with E-state index in [1.807, 2.05) is 49.1 Å². The molecule has 1 aliphatic heterocycles. The van der Waals surface area contributed by atoms with E-state index in [9.17, 15) is 4.79 Å². The Balaban J connectivity index is 2.18. The fourth-order valence-electron chi connectivity index (χ4n) is 2.07. The quantitative estimate of drug-likeness (QED) is 0.748. The topological polar surface area (TPSA) is 29.5 Å². The zero-order valence-electron chi connectivity index (χ0n) is 11.0. The molecule has 0 bridgehead atoms. The van der Waals surface area contributed by atoms with Gasteiger partial charge in [-0.15, -0.1) is 0 Å². The van der Waals surface area contributed by atoms with Crippen LogP contribution in [0.4, 0.5) is 0 Å². The number of allylic oxidation sites excluding steroid dienone is 1. The summed E-state index contributed by atoms with van der Waals surface area (Å²) in [6.45, 7) is 6.58. The Morgan fingerprint density at radius 1 is 1.11 bits per heavy atom. The average molecular weight is 245 g/mol. The lowest BCUT2D eigenvalue weighted by Crippen LogP contribution is -2.41. The number of hydrogen-bond donors (Lipinski definition) is 0. The smallest absolute Gasteiger partial charge is 0.249 e. The Bertz CT molecular complexity index is 445. The Morgan fingerprint density at radius 3 is 2.33 bits per heavy atom. The van der Waals surface area contributed by atoms with Crippen molar-refractivity contribution < 1.29 is 9.53 Å². The summed E-state index contributed by atoms with van der Waals surface area (Å²) < 4.78 is 5.26. The zero-order chi connectivity index (χ0) is 13.0. The van der Waals surface area contributed by atoms with Crippen molar-refractivity contribution >= 4 is 11.5 Å². The van der Waals surface area contributed by atoms with E-state index < -0.39 is 0 Å². The normalized spacial score (nSPS) is 17.3. The molecule has 0 unspecified atom stereocenters. The lowest BCUT2D eigenvalue weighted by molar-refractivity contribution is -0.131. The summed E-state index contributed by atoms with van der Waals surface area (Å²) >= 11 is 0. The number of hydrogen-bond acceptors (Lipinski definition) is 2. The third-order valence-electron chi connectivity index (χ3n) is 3.39. The Kier molecular flexibility index (Phi) is 4.15. The predicted octanol–water partition coefficient (Wildman–Crippen LogP) is 2.34. The van der Waals surface area contributed by atoms with Crippen LogP contribution in [0.3, 0.4) is 0 Å². The number of carbonyl (C=O) groups is 1. The summed E-state index contributed by atoms with van der Waals surface area (Å²) in [6.07, 6.45) is 0. The van der Waals surface area contributed by atoms with E-state index in [1.165, 1.54) is 0 Å². The average Bonchev–Trinajstić information content (AvgIpc) is 2.47.